The zero-order valence-corrected chi connectivity index (χ0v) is 11.8. The van der Waals surface area contributed by atoms with Crippen molar-refractivity contribution in [2.45, 2.75) is 71.9 Å². The number of hydrogen-bond donors (Lipinski definition) is 2. The van der Waals surface area contributed by atoms with Crippen LogP contribution in [0.4, 0.5) is 0 Å². The molecule has 0 aliphatic heterocycles. The van der Waals surface area contributed by atoms with Gasteiger partial charge in [0.25, 0.3) is 0 Å². The van der Waals surface area contributed by atoms with E-state index in [1.165, 1.54) is 25.7 Å². The minimum atomic E-state index is 0.185. The second-order valence-electron chi connectivity index (χ2n) is 6.58. The molecule has 16 heavy (non-hydrogen) atoms. The Labute approximate surface area is 101 Å². The van der Waals surface area contributed by atoms with Crippen molar-refractivity contribution in [3.8, 4) is 0 Å². The monoisotopic (exact) mass is 226 g/mol. The topological polar surface area (TPSA) is 38.0 Å². The van der Waals surface area contributed by atoms with Crippen molar-refractivity contribution in [3.05, 3.63) is 0 Å². The molecule has 0 amide bonds. The summed E-state index contributed by atoms with van der Waals surface area (Å²) in [5.74, 6) is 0.676. The van der Waals surface area contributed by atoms with Gasteiger partial charge >= 0.3 is 0 Å². The molecule has 3 unspecified atom stereocenters. The maximum Gasteiger partial charge on any atom is 0.0332 e. The molecule has 0 saturated heterocycles. The Morgan fingerprint density at radius 1 is 1.38 bits per heavy atom. The van der Waals surface area contributed by atoms with Crippen LogP contribution in [0.5, 0.6) is 0 Å². The van der Waals surface area contributed by atoms with E-state index in [2.05, 4.69) is 39.9 Å². The van der Waals surface area contributed by atoms with Crippen molar-refractivity contribution >= 4 is 0 Å². The van der Waals surface area contributed by atoms with Gasteiger partial charge in [0.15, 0.2) is 0 Å². The van der Waals surface area contributed by atoms with Crippen molar-refractivity contribution in [2.24, 2.45) is 17.1 Å². The van der Waals surface area contributed by atoms with E-state index in [1.807, 2.05) is 0 Å². The molecule has 3 N–H and O–H groups in total. The molecular weight excluding hydrogens is 196 g/mol. The van der Waals surface area contributed by atoms with Gasteiger partial charge in [-0.1, -0.05) is 27.7 Å². The van der Waals surface area contributed by atoms with Gasteiger partial charge in [-0.05, 0) is 43.9 Å². The predicted molar refractivity (Wildman–Crippen MR) is 71.5 cm³/mol. The third-order valence-electron chi connectivity index (χ3n) is 4.56. The molecule has 0 aromatic carbocycles. The molecule has 2 heteroatoms. The van der Waals surface area contributed by atoms with Gasteiger partial charge < -0.3 is 11.1 Å². The molecule has 96 valence electrons. The highest BCUT2D eigenvalue weighted by Gasteiger charge is 2.43. The van der Waals surface area contributed by atoms with Crippen LogP contribution >= 0.6 is 0 Å². The summed E-state index contributed by atoms with van der Waals surface area (Å²) in [5, 5.41) is 3.79. The first kappa shape index (κ1) is 14.0. The summed E-state index contributed by atoms with van der Waals surface area (Å²) in [4.78, 5) is 0. The summed E-state index contributed by atoms with van der Waals surface area (Å²) >= 11 is 0. The second-order valence-corrected chi connectivity index (χ2v) is 6.58. The van der Waals surface area contributed by atoms with Crippen LogP contribution in [-0.4, -0.2) is 18.1 Å². The van der Waals surface area contributed by atoms with Gasteiger partial charge in [-0.25, -0.2) is 0 Å². The van der Waals surface area contributed by atoms with E-state index < -0.39 is 0 Å². The van der Waals surface area contributed by atoms with E-state index in [1.54, 1.807) is 0 Å². The Kier molecular flexibility index (Phi) is 4.42. The van der Waals surface area contributed by atoms with E-state index in [0.717, 1.165) is 6.54 Å². The van der Waals surface area contributed by atoms with Gasteiger partial charge in [-0.3, -0.25) is 0 Å². The first-order chi connectivity index (χ1) is 7.35. The minimum Gasteiger partial charge on any atom is -0.329 e. The van der Waals surface area contributed by atoms with Gasteiger partial charge in [-0.2, -0.15) is 0 Å². The van der Waals surface area contributed by atoms with Crippen LogP contribution in [0.25, 0.3) is 0 Å². The number of rotatable bonds is 4. The average molecular weight is 226 g/mol. The fourth-order valence-corrected chi connectivity index (χ4v) is 3.10. The SMILES string of the molecule is CCC(C)NC1(CN)CCC(C)(C)CC1C. The molecule has 3 atom stereocenters. The van der Waals surface area contributed by atoms with E-state index in [9.17, 15) is 0 Å². The van der Waals surface area contributed by atoms with E-state index in [4.69, 9.17) is 5.73 Å². The maximum absolute atomic E-state index is 6.06. The highest BCUT2D eigenvalue weighted by Crippen LogP contribution is 2.43. The normalized spacial score (nSPS) is 36.0. The lowest BCUT2D eigenvalue weighted by Gasteiger charge is -2.49. The Morgan fingerprint density at radius 3 is 2.44 bits per heavy atom. The lowest BCUT2D eigenvalue weighted by molar-refractivity contribution is 0.0707. The predicted octanol–water partition coefficient (Wildman–Crippen LogP) is 2.92. The first-order valence-electron chi connectivity index (χ1n) is 6.83. The van der Waals surface area contributed by atoms with Crippen LogP contribution in [0, 0.1) is 11.3 Å². The highest BCUT2D eigenvalue weighted by molar-refractivity contribution is 5.01. The van der Waals surface area contributed by atoms with E-state index in [-0.39, 0.29) is 5.54 Å². The standard InChI is InChI=1S/C14H30N2/c1-6-12(3)16-14(10-15)8-7-13(4,5)9-11(14)2/h11-12,16H,6-10,15H2,1-5H3. The van der Waals surface area contributed by atoms with Crippen molar-refractivity contribution in [2.75, 3.05) is 6.54 Å². The average Bonchev–Trinajstić information content (AvgIpc) is 2.22. The first-order valence-corrected chi connectivity index (χ1v) is 6.83. The molecule has 1 fully saturated rings. The lowest BCUT2D eigenvalue weighted by Crippen LogP contribution is -2.61. The fourth-order valence-electron chi connectivity index (χ4n) is 3.10. The van der Waals surface area contributed by atoms with Gasteiger partial charge in [0.2, 0.25) is 0 Å². The van der Waals surface area contributed by atoms with Crippen LogP contribution < -0.4 is 11.1 Å². The molecule has 0 aromatic heterocycles. The molecule has 2 nitrogen and oxygen atoms in total. The van der Waals surface area contributed by atoms with Crippen molar-refractivity contribution < 1.29 is 0 Å². The third-order valence-corrected chi connectivity index (χ3v) is 4.56. The molecule has 0 bridgehead atoms. The van der Waals surface area contributed by atoms with Crippen LogP contribution in [-0.2, 0) is 0 Å². The molecule has 1 saturated carbocycles. The summed E-state index contributed by atoms with van der Waals surface area (Å²) < 4.78 is 0. The van der Waals surface area contributed by atoms with Gasteiger partial charge in [-0.15, -0.1) is 0 Å². The summed E-state index contributed by atoms with van der Waals surface area (Å²) in [5.41, 5.74) is 6.74. The molecular formula is C14H30N2. The number of hydrogen-bond acceptors (Lipinski definition) is 2. The molecule has 0 aromatic rings. The quantitative estimate of drug-likeness (QED) is 0.773. The lowest BCUT2D eigenvalue weighted by atomic mass is 9.63. The molecule has 1 aliphatic rings. The number of nitrogens with one attached hydrogen (secondary N) is 1. The van der Waals surface area contributed by atoms with Crippen molar-refractivity contribution in [1.82, 2.24) is 5.32 Å². The fraction of sp³-hybridized carbons (Fsp3) is 1.00. The third kappa shape index (κ3) is 2.98. The second kappa shape index (κ2) is 5.05. The van der Waals surface area contributed by atoms with Crippen LogP contribution in [0.15, 0.2) is 0 Å². The Balaban J connectivity index is 2.73. The Hall–Kier alpha value is -0.0800. The minimum absolute atomic E-state index is 0.185. The molecule has 0 spiro atoms. The number of nitrogens with two attached hydrogens (primary N) is 1. The smallest absolute Gasteiger partial charge is 0.0332 e. The van der Waals surface area contributed by atoms with E-state index >= 15 is 0 Å². The molecule has 0 radical (unpaired) electrons. The van der Waals surface area contributed by atoms with Gasteiger partial charge in [0.05, 0.1) is 0 Å². The molecule has 0 heterocycles. The van der Waals surface area contributed by atoms with Crippen LogP contribution in [0.1, 0.15) is 60.3 Å². The zero-order chi connectivity index (χ0) is 12.4. The van der Waals surface area contributed by atoms with Crippen LogP contribution in [0.2, 0.25) is 0 Å². The van der Waals surface area contributed by atoms with Gasteiger partial charge in [0.1, 0.15) is 0 Å². The molecule has 1 aliphatic carbocycles. The summed E-state index contributed by atoms with van der Waals surface area (Å²) in [6.07, 6.45) is 4.98. The van der Waals surface area contributed by atoms with E-state index in [0.29, 0.717) is 17.4 Å². The summed E-state index contributed by atoms with van der Waals surface area (Å²) in [7, 11) is 0. The van der Waals surface area contributed by atoms with Crippen LogP contribution in [0.3, 0.4) is 0 Å². The molecule has 1 rings (SSSR count). The highest BCUT2D eigenvalue weighted by atomic mass is 15.0. The largest absolute Gasteiger partial charge is 0.329 e. The van der Waals surface area contributed by atoms with Crippen molar-refractivity contribution in [3.63, 3.8) is 0 Å². The maximum atomic E-state index is 6.06. The summed E-state index contributed by atoms with van der Waals surface area (Å²) in [6.45, 7) is 12.4. The zero-order valence-electron chi connectivity index (χ0n) is 11.8. The van der Waals surface area contributed by atoms with Gasteiger partial charge in [0, 0.05) is 18.1 Å². The summed E-state index contributed by atoms with van der Waals surface area (Å²) in [6, 6.07) is 0.576. The van der Waals surface area contributed by atoms with Crippen molar-refractivity contribution in [1.29, 1.82) is 0 Å². The Bertz CT molecular complexity index is 225. The Morgan fingerprint density at radius 2 is 2.00 bits per heavy atom.